The molecule has 0 aliphatic carbocycles. The lowest BCUT2D eigenvalue weighted by Crippen LogP contribution is -2.19. The van der Waals surface area contributed by atoms with Gasteiger partial charge in [0.15, 0.2) is 11.5 Å². The summed E-state index contributed by atoms with van der Waals surface area (Å²) in [5.74, 6) is 0.523. The molecule has 0 aliphatic rings. The van der Waals surface area contributed by atoms with Gasteiger partial charge < -0.3 is 19.9 Å². The molecule has 0 unspecified atom stereocenters. The summed E-state index contributed by atoms with van der Waals surface area (Å²) in [7, 11) is 1.50. The van der Waals surface area contributed by atoms with Crippen molar-refractivity contribution in [2.24, 2.45) is 0 Å². The number of nitrogens with one attached hydrogen (secondary N) is 1. The highest BCUT2D eigenvalue weighted by molar-refractivity contribution is 6.30. The Hall–Kier alpha value is -0.970. The quantitative estimate of drug-likeness (QED) is 0.686. The second kappa shape index (κ2) is 9.02. The topological polar surface area (TPSA) is 50.7 Å². The van der Waals surface area contributed by atoms with Crippen molar-refractivity contribution in [3.05, 3.63) is 22.7 Å². The van der Waals surface area contributed by atoms with Gasteiger partial charge in [-0.1, -0.05) is 24.9 Å². The number of halogens is 1. The minimum absolute atomic E-state index is 0.131. The van der Waals surface area contributed by atoms with Gasteiger partial charge in [-0.05, 0) is 12.5 Å². The first-order chi connectivity index (χ1) is 9.19. The number of ether oxygens (including phenoxy) is 2. The molecule has 0 aliphatic heterocycles. The van der Waals surface area contributed by atoms with Gasteiger partial charge in [0, 0.05) is 36.3 Å². The molecule has 1 aromatic carbocycles. The number of hydrogen-bond acceptors (Lipinski definition) is 4. The van der Waals surface area contributed by atoms with E-state index in [1.54, 1.807) is 12.1 Å². The van der Waals surface area contributed by atoms with Gasteiger partial charge in [0.2, 0.25) is 0 Å². The SMILES string of the molecule is CCCCOCCNCc1cc(Cl)cc(OC)c1O. The third kappa shape index (κ3) is 5.68. The van der Waals surface area contributed by atoms with Gasteiger partial charge in [-0.15, -0.1) is 0 Å². The molecule has 2 N–H and O–H groups in total. The average molecular weight is 288 g/mol. The molecule has 4 nitrogen and oxygen atoms in total. The van der Waals surface area contributed by atoms with E-state index in [-0.39, 0.29) is 5.75 Å². The summed E-state index contributed by atoms with van der Waals surface area (Å²) in [6, 6.07) is 3.32. The maximum atomic E-state index is 9.93. The second-order valence-electron chi connectivity index (χ2n) is 4.26. The van der Waals surface area contributed by atoms with E-state index < -0.39 is 0 Å². The van der Waals surface area contributed by atoms with Crippen molar-refractivity contribution < 1.29 is 14.6 Å². The van der Waals surface area contributed by atoms with Crippen LogP contribution < -0.4 is 10.1 Å². The number of hydrogen-bond donors (Lipinski definition) is 2. The average Bonchev–Trinajstić information content (AvgIpc) is 2.41. The Morgan fingerprint density at radius 2 is 2.11 bits per heavy atom. The first kappa shape index (κ1) is 16.1. The molecular weight excluding hydrogens is 266 g/mol. The standard InChI is InChI=1S/C14H22ClNO3/c1-3-4-6-19-7-5-16-10-11-8-12(15)9-13(18-2)14(11)17/h8-9,16-17H,3-7,10H2,1-2H3. The number of unbranched alkanes of at least 4 members (excludes halogenated alkanes) is 1. The fraction of sp³-hybridized carbons (Fsp3) is 0.571. The van der Waals surface area contributed by atoms with Crippen molar-refractivity contribution in [1.82, 2.24) is 5.32 Å². The second-order valence-corrected chi connectivity index (χ2v) is 4.69. The van der Waals surface area contributed by atoms with Crippen molar-refractivity contribution in [3.63, 3.8) is 0 Å². The minimum Gasteiger partial charge on any atom is -0.504 e. The van der Waals surface area contributed by atoms with Gasteiger partial charge in [-0.2, -0.15) is 0 Å². The molecule has 0 atom stereocenters. The zero-order chi connectivity index (χ0) is 14.1. The third-order valence-corrected chi connectivity index (χ3v) is 2.94. The highest BCUT2D eigenvalue weighted by atomic mass is 35.5. The Morgan fingerprint density at radius 1 is 1.32 bits per heavy atom. The van der Waals surface area contributed by atoms with Crippen LogP contribution in [-0.4, -0.2) is 32.0 Å². The summed E-state index contributed by atoms with van der Waals surface area (Å²) in [5, 5.41) is 13.7. The predicted molar refractivity (Wildman–Crippen MR) is 77.1 cm³/mol. The fourth-order valence-corrected chi connectivity index (χ4v) is 1.87. The van der Waals surface area contributed by atoms with E-state index >= 15 is 0 Å². The Kier molecular flexibility index (Phi) is 7.63. The molecule has 1 aromatic rings. The molecule has 0 aromatic heterocycles. The van der Waals surface area contributed by atoms with E-state index in [4.69, 9.17) is 21.1 Å². The van der Waals surface area contributed by atoms with Crippen LogP contribution >= 0.6 is 11.6 Å². The Morgan fingerprint density at radius 3 is 2.79 bits per heavy atom. The highest BCUT2D eigenvalue weighted by Crippen LogP contribution is 2.33. The molecule has 0 heterocycles. The molecule has 0 fully saturated rings. The minimum atomic E-state index is 0.131. The first-order valence-corrected chi connectivity index (χ1v) is 6.90. The Labute approximate surface area is 119 Å². The van der Waals surface area contributed by atoms with Crippen LogP contribution in [0.1, 0.15) is 25.3 Å². The number of benzene rings is 1. The van der Waals surface area contributed by atoms with E-state index in [0.29, 0.717) is 23.9 Å². The van der Waals surface area contributed by atoms with Crippen LogP contribution in [0.2, 0.25) is 5.02 Å². The highest BCUT2D eigenvalue weighted by Gasteiger charge is 2.09. The first-order valence-electron chi connectivity index (χ1n) is 6.52. The lowest BCUT2D eigenvalue weighted by Gasteiger charge is -2.11. The lowest BCUT2D eigenvalue weighted by atomic mass is 10.2. The number of phenols is 1. The van der Waals surface area contributed by atoms with Gasteiger partial charge in [0.05, 0.1) is 13.7 Å². The van der Waals surface area contributed by atoms with E-state index in [0.717, 1.165) is 31.6 Å². The lowest BCUT2D eigenvalue weighted by molar-refractivity contribution is 0.133. The van der Waals surface area contributed by atoms with E-state index in [9.17, 15) is 5.11 Å². The van der Waals surface area contributed by atoms with Crippen LogP contribution in [0.25, 0.3) is 0 Å². The molecule has 0 radical (unpaired) electrons. The molecule has 19 heavy (non-hydrogen) atoms. The van der Waals surface area contributed by atoms with Crippen molar-refractivity contribution in [2.75, 3.05) is 26.9 Å². The molecule has 0 amide bonds. The smallest absolute Gasteiger partial charge is 0.162 e. The van der Waals surface area contributed by atoms with Gasteiger partial charge in [0.1, 0.15) is 0 Å². The molecule has 0 bridgehead atoms. The Balaban J connectivity index is 2.35. The third-order valence-electron chi connectivity index (χ3n) is 2.72. The van der Waals surface area contributed by atoms with Crippen LogP contribution in [0, 0.1) is 0 Å². The summed E-state index contributed by atoms with van der Waals surface area (Å²) < 4.78 is 10.5. The maximum absolute atomic E-state index is 9.93. The Bertz CT molecular complexity index is 385. The number of aromatic hydroxyl groups is 1. The molecule has 0 saturated heterocycles. The zero-order valence-corrected chi connectivity index (χ0v) is 12.3. The number of methoxy groups -OCH3 is 1. The molecule has 0 saturated carbocycles. The van der Waals surface area contributed by atoms with Gasteiger partial charge in [0.25, 0.3) is 0 Å². The van der Waals surface area contributed by atoms with Crippen LogP contribution in [0.3, 0.4) is 0 Å². The number of phenolic OH excluding ortho intramolecular Hbond substituents is 1. The van der Waals surface area contributed by atoms with Gasteiger partial charge in [-0.3, -0.25) is 0 Å². The maximum Gasteiger partial charge on any atom is 0.162 e. The molecule has 5 heteroatoms. The van der Waals surface area contributed by atoms with Crippen molar-refractivity contribution >= 4 is 11.6 Å². The van der Waals surface area contributed by atoms with E-state index in [2.05, 4.69) is 12.2 Å². The molecule has 108 valence electrons. The van der Waals surface area contributed by atoms with Gasteiger partial charge >= 0.3 is 0 Å². The monoisotopic (exact) mass is 287 g/mol. The molecule has 0 spiro atoms. The predicted octanol–water partition coefficient (Wildman–Crippen LogP) is 2.96. The normalized spacial score (nSPS) is 10.7. The fourth-order valence-electron chi connectivity index (χ4n) is 1.63. The van der Waals surface area contributed by atoms with E-state index in [1.807, 2.05) is 0 Å². The van der Waals surface area contributed by atoms with Crippen LogP contribution in [-0.2, 0) is 11.3 Å². The summed E-state index contributed by atoms with van der Waals surface area (Å²) >= 11 is 5.95. The van der Waals surface area contributed by atoms with E-state index in [1.165, 1.54) is 7.11 Å². The molecule has 1 rings (SSSR count). The zero-order valence-electron chi connectivity index (χ0n) is 11.5. The van der Waals surface area contributed by atoms with Crippen molar-refractivity contribution in [2.45, 2.75) is 26.3 Å². The summed E-state index contributed by atoms with van der Waals surface area (Å²) in [5.41, 5.74) is 0.720. The van der Waals surface area contributed by atoms with Crippen molar-refractivity contribution in [1.29, 1.82) is 0 Å². The van der Waals surface area contributed by atoms with Crippen molar-refractivity contribution in [3.8, 4) is 11.5 Å². The van der Waals surface area contributed by atoms with Crippen LogP contribution in [0.5, 0.6) is 11.5 Å². The van der Waals surface area contributed by atoms with Crippen LogP contribution in [0.4, 0.5) is 0 Å². The largest absolute Gasteiger partial charge is 0.504 e. The summed E-state index contributed by atoms with van der Waals surface area (Å²) in [6.07, 6.45) is 2.23. The van der Waals surface area contributed by atoms with Gasteiger partial charge in [-0.25, -0.2) is 0 Å². The molecular formula is C14H22ClNO3. The van der Waals surface area contributed by atoms with Crippen LogP contribution in [0.15, 0.2) is 12.1 Å². The number of rotatable bonds is 9. The summed E-state index contributed by atoms with van der Waals surface area (Å²) in [4.78, 5) is 0. The summed E-state index contributed by atoms with van der Waals surface area (Å²) in [6.45, 7) is 4.86.